The van der Waals surface area contributed by atoms with Crippen LogP contribution in [0.25, 0.3) is 5.52 Å². The molecule has 0 unspecified atom stereocenters. The van der Waals surface area contributed by atoms with E-state index in [0.29, 0.717) is 16.6 Å². The molecule has 1 aliphatic rings. The summed E-state index contributed by atoms with van der Waals surface area (Å²) >= 11 is 6.17. The van der Waals surface area contributed by atoms with Gasteiger partial charge in [0.25, 0.3) is 0 Å². The molecular weight excluding hydrogens is 278 g/mol. The minimum Gasteiger partial charge on any atom is -0.478 e. The third-order valence-electron chi connectivity index (χ3n) is 3.96. The summed E-state index contributed by atoms with van der Waals surface area (Å²) in [5.41, 5.74) is 0.898. The van der Waals surface area contributed by atoms with Gasteiger partial charge in [-0.25, -0.2) is 9.78 Å². The molecule has 0 radical (unpaired) electrons. The van der Waals surface area contributed by atoms with E-state index in [1.54, 1.807) is 18.3 Å². The lowest BCUT2D eigenvalue weighted by atomic mass is 9.96. The second kappa shape index (κ2) is 5.07. The van der Waals surface area contributed by atoms with Gasteiger partial charge in [0, 0.05) is 12.1 Å². The van der Waals surface area contributed by atoms with Crippen LogP contribution in [0.4, 0.5) is 0 Å². The molecule has 106 valence electrons. The number of likely N-dealkylation sites (tertiary alicyclic amines) is 1. The summed E-state index contributed by atoms with van der Waals surface area (Å²) in [6.45, 7) is 2.09. The molecule has 1 fully saturated rings. The van der Waals surface area contributed by atoms with Crippen LogP contribution in [0.1, 0.15) is 34.9 Å². The molecule has 3 heterocycles. The van der Waals surface area contributed by atoms with E-state index in [0.717, 1.165) is 31.8 Å². The summed E-state index contributed by atoms with van der Waals surface area (Å²) in [4.78, 5) is 17.8. The fourth-order valence-electron chi connectivity index (χ4n) is 2.76. The van der Waals surface area contributed by atoms with E-state index in [2.05, 4.69) is 16.9 Å². The first-order chi connectivity index (χ1) is 9.56. The number of carbonyl (C=O) groups is 1. The van der Waals surface area contributed by atoms with Gasteiger partial charge in [-0.05, 0) is 45.1 Å². The van der Waals surface area contributed by atoms with Crippen molar-refractivity contribution in [2.75, 3.05) is 20.1 Å². The highest BCUT2D eigenvalue weighted by atomic mass is 35.5. The number of hydrogen-bond donors (Lipinski definition) is 1. The second-order valence-electron chi connectivity index (χ2n) is 5.31. The highest BCUT2D eigenvalue weighted by Crippen LogP contribution is 2.30. The summed E-state index contributed by atoms with van der Waals surface area (Å²) < 4.78 is 1.92. The number of fused-ring (bicyclic) bond motifs is 1. The largest absolute Gasteiger partial charge is 0.478 e. The monoisotopic (exact) mass is 293 g/mol. The van der Waals surface area contributed by atoms with Crippen LogP contribution >= 0.6 is 11.6 Å². The Hall–Kier alpha value is -1.59. The number of rotatable bonds is 2. The molecule has 20 heavy (non-hydrogen) atoms. The molecule has 0 saturated carbocycles. The van der Waals surface area contributed by atoms with E-state index in [9.17, 15) is 4.79 Å². The molecule has 5 nitrogen and oxygen atoms in total. The van der Waals surface area contributed by atoms with Crippen molar-refractivity contribution in [1.82, 2.24) is 14.3 Å². The maximum Gasteiger partial charge on any atom is 0.335 e. The highest BCUT2D eigenvalue weighted by molar-refractivity contribution is 6.32. The minimum atomic E-state index is -0.953. The van der Waals surface area contributed by atoms with Crippen LogP contribution < -0.4 is 0 Å². The van der Waals surface area contributed by atoms with Gasteiger partial charge in [0.2, 0.25) is 0 Å². The van der Waals surface area contributed by atoms with Gasteiger partial charge in [-0.1, -0.05) is 11.6 Å². The topological polar surface area (TPSA) is 57.8 Å². The number of nitrogens with zero attached hydrogens (tertiary/aromatic N) is 3. The summed E-state index contributed by atoms with van der Waals surface area (Å²) in [6.07, 6.45) is 3.85. The van der Waals surface area contributed by atoms with Crippen molar-refractivity contribution in [2.24, 2.45) is 0 Å². The van der Waals surface area contributed by atoms with Gasteiger partial charge in [-0.15, -0.1) is 0 Å². The first-order valence-electron chi connectivity index (χ1n) is 6.65. The molecule has 1 N–H and O–H groups in total. The Balaban J connectivity index is 2.02. The zero-order valence-electron chi connectivity index (χ0n) is 11.2. The molecule has 0 aliphatic carbocycles. The average molecular weight is 294 g/mol. The van der Waals surface area contributed by atoms with Crippen LogP contribution in [-0.2, 0) is 0 Å². The fraction of sp³-hybridized carbons (Fsp3) is 0.429. The van der Waals surface area contributed by atoms with Crippen molar-refractivity contribution in [3.05, 3.63) is 34.9 Å². The number of halogens is 1. The van der Waals surface area contributed by atoms with Crippen LogP contribution in [0.5, 0.6) is 0 Å². The minimum absolute atomic E-state index is 0.231. The van der Waals surface area contributed by atoms with E-state index in [4.69, 9.17) is 16.7 Å². The van der Waals surface area contributed by atoms with E-state index in [-0.39, 0.29) is 5.56 Å². The summed E-state index contributed by atoms with van der Waals surface area (Å²) in [5.74, 6) is 0.363. The normalized spacial score (nSPS) is 17.7. The smallest absolute Gasteiger partial charge is 0.335 e. The molecule has 1 aliphatic heterocycles. The summed E-state index contributed by atoms with van der Waals surface area (Å²) in [6, 6.07) is 3.17. The molecule has 2 aromatic heterocycles. The lowest BCUT2D eigenvalue weighted by molar-refractivity contribution is 0.0697. The van der Waals surface area contributed by atoms with Gasteiger partial charge in [0.1, 0.15) is 5.82 Å². The van der Waals surface area contributed by atoms with E-state index >= 15 is 0 Å². The standard InChI is InChI=1S/C14H16ClN3O2/c1-17-5-2-9(3-6-17)13-16-12(15)11-8-10(14(19)20)4-7-18(11)13/h4,7-9H,2-3,5-6H2,1H3,(H,19,20). The van der Waals surface area contributed by atoms with Gasteiger partial charge in [0.15, 0.2) is 5.15 Å². The Morgan fingerprint density at radius 2 is 2.15 bits per heavy atom. The number of hydrogen-bond acceptors (Lipinski definition) is 3. The molecular formula is C14H16ClN3O2. The maximum atomic E-state index is 11.0. The van der Waals surface area contributed by atoms with Crippen molar-refractivity contribution in [1.29, 1.82) is 0 Å². The lowest BCUT2D eigenvalue weighted by Crippen LogP contribution is -2.29. The average Bonchev–Trinajstić information content (AvgIpc) is 2.76. The number of imidazole rings is 1. The first kappa shape index (κ1) is 13.4. The van der Waals surface area contributed by atoms with Gasteiger partial charge in [-0.3, -0.25) is 0 Å². The number of aromatic carboxylic acids is 1. The van der Waals surface area contributed by atoms with Crippen molar-refractivity contribution in [3.63, 3.8) is 0 Å². The number of aromatic nitrogens is 2. The third kappa shape index (κ3) is 2.27. The lowest BCUT2D eigenvalue weighted by Gasteiger charge is -2.28. The van der Waals surface area contributed by atoms with Crippen molar-refractivity contribution in [3.8, 4) is 0 Å². The molecule has 0 amide bonds. The fourth-order valence-corrected chi connectivity index (χ4v) is 2.99. The van der Waals surface area contributed by atoms with Crippen LogP contribution in [0.2, 0.25) is 5.15 Å². The Bertz CT molecular complexity index is 660. The third-order valence-corrected chi connectivity index (χ3v) is 4.23. The van der Waals surface area contributed by atoms with Crippen molar-refractivity contribution in [2.45, 2.75) is 18.8 Å². The number of carboxylic acids is 1. The van der Waals surface area contributed by atoms with Crippen molar-refractivity contribution >= 4 is 23.1 Å². The SMILES string of the molecule is CN1CCC(c2nc(Cl)c3cc(C(=O)O)ccn23)CC1. The predicted octanol–water partition coefficient (Wildman–Crippen LogP) is 2.50. The summed E-state index contributed by atoms with van der Waals surface area (Å²) in [5, 5.41) is 9.42. The summed E-state index contributed by atoms with van der Waals surface area (Å²) in [7, 11) is 2.12. The molecule has 2 aromatic rings. The van der Waals surface area contributed by atoms with Crippen molar-refractivity contribution < 1.29 is 9.90 Å². The Morgan fingerprint density at radius 1 is 1.45 bits per heavy atom. The first-order valence-corrected chi connectivity index (χ1v) is 7.03. The molecule has 0 bridgehead atoms. The quantitative estimate of drug-likeness (QED) is 0.924. The van der Waals surface area contributed by atoms with Gasteiger partial charge in [0.05, 0.1) is 11.1 Å². The van der Waals surface area contributed by atoms with Gasteiger partial charge >= 0.3 is 5.97 Å². The van der Waals surface area contributed by atoms with Crippen LogP contribution in [0.15, 0.2) is 18.3 Å². The number of carboxylic acid groups (broad SMARTS) is 1. The number of piperidine rings is 1. The molecule has 1 saturated heterocycles. The van der Waals surface area contributed by atoms with Gasteiger partial charge < -0.3 is 14.4 Å². The maximum absolute atomic E-state index is 11.0. The van der Waals surface area contributed by atoms with Crippen LogP contribution in [0, 0.1) is 0 Å². The Morgan fingerprint density at radius 3 is 2.80 bits per heavy atom. The Kier molecular flexibility index (Phi) is 3.40. The Labute approximate surface area is 121 Å². The van der Waals surface area contributed by atoms with E-state index in [1.165, 1.54) is 0 Å². The van der Waals surface area contributed by atoms with E-state index in [1.807, 2.05) is 4.40 Å². The van der Waals surface area contributed by atoms with Gasteiger partial charge in [-0.2, -0.15) is 0 Å². The molecule has 3 rings (SSSR count). The molecule has 0 aromatic carbocycles. The molecule has 6 heteroatoms. The molecule has 0 atom stereocenters. The highest BCUT2D eigenvalue weighted by Gasteiger charge is 2.24. The zero-order chi connectivity index (χ0) is 14.3. The predicted molar refractivity (Wildman–Crippen MR) is 76.6 cm³/mol. The second-order valence-corrected chi connectivity index (χ2v) is 5.67. The van der Waals surface area contributed by atoms with Crippen LogP contribution in [-0.4, -0.2) is 45.5 Å². The number of pyridine rings is 1. The van der Waals surface area contributed by atoms with Crippen LogP contribution in [0.3, 0.4) is 0 Å². The van der Waals surface area contributed by atoms with E-state index < -0.39 is 5.97 Å². The molecule has 0 spiro atoms. The zero-order valence-corrected chi connectivity index (χ0v) is 12.0.